The van der Waals surface area contributed by atoms with Gasteiger partial charge in [-0.3, -0.25) is 9.78 Å². The number of carbonyl (C=O) groups excluding carboxylic acids is 1. The zero-order valence-electron chi connectivity index (χ0n) is 13.2. The molecule has 0 saturated heterocycles. The van der Waals surface area contributed by atoms with Gasteiger partial charge in [0.1, 0.15) is 0 Å². The van der Waals surface area contributed by atoms with E-state index in [9.17, 15) is 4.79 Å². The number of amides is 1. The number of aromatic nitrogens is 1. The van der Waals surface area contributed by atoms with Crippen LogP contribution in [0.2, 0.25) is 5.02 Å². The second-order valence-electron chi connectivity index (χ2n) is 5.95. The van der Waals surface area contributed by atoms with Crippen molar-refractivity contribution in [3.05, 3.63) is 41.0 Å². The molecule has 1 unspecified atom stereocenters. The number of carbonyl (C=O) groups is 1. The normalized spacial score (nSPS) is 12.6. The minimum absolute atomic E-state index is 0.0813. The van der Waals surface area contributed by atoms with Crippen molar-refractivity contribution in [2.24, 2.45) is 11.7 Å². The lowest BCUT2D eigenvalue weighted by Crippen LogP contribution is -2.34. The van der Waals surface area contributed by atoms with Gasteiger partial charge < -0.3 is 10.6 Å². The van der Waals surface area contributed by atoms with Crippen molar-refractivity contribution >= 4 is 28.4 Å². The summed E-state index contributed by atoms with van der Waals surface area (Å²) in [5.41, 5.74) is 7.26. The third kappa shape index (κ3) is 3.76. The highest BCUT2D eigenvalue weighted by molar-refractivity contribution is 6.32. The fourth-order valence-electron chi connectivity index (χ4n) is 2.30. The molecule has 0 fully saturated rings. The fourth-order valence-corrected chi connectivity index (χ4v) is 2.53. The van der Waals surface area contributed by atoms with Crippen molar-refractivity contribution in [3.63, 3.8) is 0 Å². The molecule has 2 rings (SSSR count). The first-order chi connectivity index (χ1) is 10.4. The SMILES string of the molecule is CC(C)C(N)CCN(C)C(=O)c1cc(Cl)cc2cccnc12. The monoisotopic (exact) mass is 319 g/mol. The molecule has 1 atom stereocenters. The van der Waals surface area contributed by atoms with Crippen molar-refractivity contribution in [1.82, 2.24) is 9.88 Å². The van der Waals surface area contributed by atoms with Gasteiger partial charge in [0.25, 0.3) is 5.91 Å². The Hall–Kier alpha value is -1.65. The number of hydrogen-bond donors (Lipinski definition) is 1. The average molecular weight is 320 g/mol. The molecule has 4 nitrogen and oxygen atoms in total. The van der Waals surface area contributed by atoms with E-state index in [-0.39, 0.29) is 11.9 Å². The van der Waals surface area contributed by atoms with E-state index in [4.69, 9.17) is 17.3 Å². The first kappa shape index (κ1) is 16.7. The summed E-state index contributed by atoms with van der Waals surface area (Å²) in [7, 11) is 1.78. The van der Waals surface area contributed by atoms with Crippen LogP contribution >= 0.6 is 11.6 Å². The van der Waals surface area contributed by atoms with Crippen LogP contribution in [0.25, 0.3) is 10.9 Å². The average Bonchev–Trinajstić information content (AvgIpc) is 2.50. The maximum Gasteiger partial charge on any atom is 0.255 e. The van der Waals surface area contributed by atoms with Crippen LogP contribution < -0.4 is 5.73 Å². The van der Waals surface area contributed by atoms with E-state index >= 15 is 0 Å². The second-order valence-corrected chi connectivity index (χ2v) is 6.39. The van der Waals surface area contributed by atoms with Crippen molar-refractivity contribution in [3.8, 4) is 0 Å². The third-order valence-corrected chi connectivity index (χ3v) is 4.12. The number of nitrogens with two attached hydrogens (primary N) is 1. The van der Waals surface area contributed by atoms with Gasteiger partial charge in [-0.25, -0.2) is 0 Å². The maximum atomic E-state index is 12.7. The number of fused-ring (bicyclic) bond motifs is 1. The molecular formula is C17H22ClN3O. The topological polar surface area (TPSA) is 59.2 Å². The van der Waals surface area contributed by atoms with Crippen LogP contribution in [0.15, 0.2) is 30.5 Å². The second kappa shape index (κ2) is 7.07. The Kier molecular flexibility index (Phi) is 5.37. The summed E-state index contributed by atoms with van der Waals surface area (Å²) < 4.78 is 0. The van der Waals surface area contributed by atoms with E-state index in [0.29, 0.717) is 28.6 Å². The lowest BCUT2D eigenvalue weighted by Gasteiger charge is -2.22. The zero-order valence-corrected chi connectivity index (χ0v) is 14.0. The molecule has 0 saturated carbocycles. The lowest BCUT2D eigenvalue weighted by atomic mass is 10.0. The number of nitrogens with zero attached hydrogens (tertiary/aromatic N) is 2. The van der Waals surface area contributed by atoms with Crippen molar-refractivity contribution in [2.75, 3.05) is 13.6 Å². The van der Waals surface area contributed by atoms with Gasteiger partial charge in [0, 0.05) is 36.2 Å². The van der Waals surface area contributed by atoms with Crippen LogP contribution in [-0.4, -0.2) is 35.4 Å². The quantitative estimate of drug-likeness (QED) is 0.919. The van der Waals surface area contributed by atoms with E-state index in [1.807, 2.05) is 18.2 Å². The Morgan fingerprint density at radius 2 is 2.14 bits per heavy atom. The molecule has 22 heavy (non-hydrogen) atoms. The molecule has 0 bridgehead atoms. The molecule has 0 aliphatic carbocycles. The van der Waals surface area contributed by atoms with Crippen LogP contribution in [-0.2, 0) is 0 Å². The Morgan fingerprint density at radius 3 is 2.82 bits per heavy atom. The zero-order chi connectivity index (χ0) is 16.3. The summed E-state index contributed by atoms with van der Waals surface area (Å²) in [5, 5.41) is 1.40. The Bertz CT molecular complexity index is 672. The molecule has 0 aliphatic rings. The number of rotatable bonds is 5. The van der Waals surface area contributed by atoms with E-state index in [1.165, 1.54) is 0 Å². The highest BCUT2D eigenvalue weighted by Gasteiger charge is 2.18. The van der Waals surface area contributed by atoms with Gasteiger partial charge in [0.05, 0.1) is 11.1 Å². The molecule has 5 heteroatoms. The van der Waals surface area contributed by atoms with E-state index in [0.717, 1.165) is 11.8 Å². The summed E-state index contributed by atoms with van der Waals surface area (Å²) in [6, 6.07) is 7.32. The van der Waals surface area contributed by atoms with Crippen molar-refractivity contribution in [1.29, 1.82) is 0 Å². The molecule has 2 N–H and O–H groups in total. The number of benzene rings is 1. The highest BCUT2D eigenvalue weighted by atomic mass is 35.5. The first-order valence-corrected chi connectivity index (χ1v) is 7.83. The smallest absolute Gasteiger partial charge is 0.255 e. The van der Waals surface area contributed by atoms with Gasteiger partial charge in [-0.15, -0.1) is 0 Å². The van der Waals surface area contributed by atoms with Crippen LogP contribution in [0.4, 0.5) is 0 Å². The van der Waals surface area contributed by atoms with Crippen LogP contribution in [0.5, 0.6) is 0 Å². The molecular weight excluding hydrogens is 298 g/mol. The molecule has 118 valence electrons. The third-order valence-electron chi connectivity index (χ3n) is 3.90. The predicted octanol–water partition coefficient (Wildman–Crippen LogP) is 3.33. The summed E-state index contributed by atoms with van der Waals surface area (Å²) >= 11 is 6.12. The van der Waals surface area contributed by atoms with Crippen molar-refractivity contribution < 1.29 is 4.79 Å². The number of hydrogen-bond acceptors (Lipinski definition) is 3. The minimum atomic E-state index is -0.0813. The standard InChI is InChI=1S/C17H22ClN3O/c1-11(2)15(19)6-8-21(3)17(22)14-10-13(18)9-12-5-4-7-20-16(12)14/h4-5,7,9-11,15H,6,8,19H2,1-3H3. The Morgan fingerprint density at radius 1 is 1.41 bits per heavy atom. The first-order valence-electron chi connectivity index (χ1n) is 7.45. The van der Waals surface area contributed by atoms with Crippen LogP contribution in [0.1, 0.15) is 30.6 Å². The molecule has 1 amide bonds. The van der Waals surface area contributed by atoms with Crippen LogP contribution in [0, 0.1) is 5.92 Å². The molecule has 0 radical (unpaired) electrons. The molecule has 1 aromatic carbocycles. The van der Waals surface area contributed by atoms with E-state index in [2.05, 4.69) is 18.8 Å². The number of halogens is 1. The number of pyridine rings is 1. The summed E-state index contributed by atoms with van der Waals surface area (Å²) in [6.45, 7) is 4.78. The predicted molar refractivity (Wildman–Crippen MR) is 91.1 cm³/mol. The van der Waals surface area contributed by atoms with Gasteiger partial charge in [-0.05, 0) is 30.5 Å². The van der Waals surface area contributed by atoms with Crippen molar-refractivity contribution in [2.45, 2.75) is 26.3 Å². The fraction of sp³-hybridized carbons (Fsp3) is 0.412. The summed E-state index contributed by atoms with van der Waals surface area (Å²) in [4.78, 5) is 18.7. The van der Waals surface area contributed by atoms with Crippen LogP contribution in [0.3, 0.4) is 0 Å². The maximum absolute atomic E-state index is 12.7. The minimum Gasteiger partial charge on any atom is -0.342 e. The van der Waals surface area contributed by atoms with Gasteiger partial charge in [-0.1, -0.05) is 31.5 Å². The summed E-state index contributed by atoms with van der Waals surface area (Å²) in [5.74, 6) is 0.319. The van der Waals surface area contributed by atoms with Gasteiger partial charge >= 0.3 is 0 Å². The molecule has 0 spiro atoms. The van der Waals surface area contributed by atoms with E-state index in [1.54, 1.807) is 24.2 Å². The van der Waals surface area contributed by atoms with Gasteiger partial charge in [0.2, 0.25) is 0 Å². The van der Waals surface area contributed by atoms with Gasteiger partial charge in [-0.2, -0.15) is 0 Å². The lowest BCUT2D eigenvalue weighted by molar-refractivity contribution is 0.0791. The van der Waals surface area contributed by atoms with Gasteiger partial charge in [0.15, 0.2) is 0 Å². The summed E-state index contributed by atoms with van der Waals surface area (Å²) in [6.07, 6.45) is 2.45. The molecule has 0 aliphatic heterocycles. The Labute approximate surface area is 136 Å². The molecule has 2 aromatic rings. The largest absolute Gasteiger partial charge is 0.342 e. The van der Waals surface area contributed by atoms with E-state index < -0.39 is 0 Å². The molecule has 1 aromatic heterocycles. The Balaban J connectivity index is 2.22. The highest BCUT2D eigenvalue weighted by Crippen LogP contribution is 2.23. The molecule has 1 heterocycles.